The van der Waals surface area contributed by atoms with E-state index in [9.17, 15) is 14.4 Å². The van der Waals surface area contributed by atoms with Crippen LogP contribution < -0.4 is 5.32 Å². The summed E-state index contributed by atoms with van der Waals surface area (Å²) in [7, 11) is 0. The predicted molar refractivity (Wildman–Crippen MR) is 82.2 cm³/mol. The molecule has 1 aliphatic rings. The van der Waals surface area contributed by atoms with Gasteiger partial charge in [-0.3, -0.25) is 14.4 Å². The van der Waals surface area contributed by atoms with Crippen molar-refractivity contribution in [3.05, 3.63) is 33.8 Å². The predicted octanol–water partition coefficient (Wildman–Crippen LogP) is 2.78. The molecule has 1 aliphatic carbocycles. The van der Waals surface area contributed by atoms with Crippen molar-refractivity contribution in [3.63, 3.8) is 0 Å². The molecule has 2 rings (SSSR count). The second-order valence-corrected chi connectivity index (χ2v) is 5.84. The number of hydrogen-bond acceptors (Lipinski definition) is 4. The van der Waals surface area contributed by atoms with Gasteiger partial charge in [-0.25, -0.2) is 0 Å². The van der Waals surface area contributed by atoms with E-state index in [1.165, 1.54) is 18.2 Å². The monoisotopic (exact) mass is 343 g/mol. The van der Waals surface area contributed by atoms with Gasteiger partial charge in [0.1, 0.15) is 6.54 Å². The molecule has 0 unspecified atom stereocenters. The molecule has 118 valence electrons. The van der Waals surface area contributed by atoms with Crippen LogP contribution in [0.5, 0.6) is 0 Å². The fraction of sp³-hybridized carbons (Fsp3) is 0.400. The van der Waals surface area contributed by atoms with Crippen molar-refractivity contribution in [2.45, 2.75) is 31.8 Å². The second kappa shape index (κ2) is 7.61. The second-order valence-electron chi connectivity index (χ2n) is 5.00. The van der Waals surface area contributed by atoms with Crippen LogP contribution in [-0.2, 0) is 14.3 Å². The Kier molecular flexibility index (Phi) is 5.80. The van der Waals surface area contributed by atoms with E-state index in [1.54, 1.807) is 0 Å². The van der Waals surface area contributed by atoms with E-state index in [4.69, 9.17) is 27.9 Å². The molecule has 1 aromatic carbocycles. The van der Waals surface area contributed by atoms with Crippen LogP contribution in [0, 0.1) is 0 Å². The molecule has 1 N–H and O–H groups in total. The highest BCUT2D eigenvalue weighted by molar-refractivity contribution is 6.36. The summed E-state index contributed by atoms with van der Waals surface area (Å²) in [6.45, 7) is -0.318. The Morgan fingerprint density at radius 2 is 2.05 bits per heavy atom. The van der Waals surface area contributed by atoms with Crippen molar-refractivity contribution in [3.8, 4) is 0 Å². The molecule has 0 aromatic heterocycles. The van der Waals surface area contributed by atoms with E-state index in [0.717, 1.165) is 12.8 Å². The summed E-state index contributed by atoms with van der Waals surface area (Å²) in [5, 5.41) is 3.02. The molecule has 0 heterocycles. The molecular weight excluding hydrogens is 329 g/mol. The van der Waals surface area contributed by atoms with Crippen LogP contribution in [0.25, 0.3) is 0 Å². The van der Waals surface area contributed by atoms with Crippen molar-refractivity contribution < 1.29 is 19.1 Å². The summed E-state index contributed by atoms with van der Waals surface area (Å²) in [6, 6.07) is 4.44. The zero-order valence-corrected chi connectivity index (χ0v) is 13.2. The van der Waals surface area contributed by atoms with Gasteiger partial charge in [0.25, 0.3) is 5.91 Å². The Hall–Kier alpha value is -1.59. The highest BCUT2D eigenvalue weighted by Crippen LogP contribution is 2.21. The number of amides is 1. The summed E-state index contributed by atoms with van der Waals surface area (Å²) >= 11 is 11.7. The van der Waals surface area contributed by atoms with Crippen molar-refractivity contribution >= 4 is 40.9 Å². The molecule has 0 aliphatic heterocycles. The molecule has 0 bridgehead atoms. The van der Waals surface area contributed by atoms with Gasteiger partial charge >= 0.3 is 5.97 Å². The lowest BCUT2D eigenvalue weighted by Gasteiger charge is -2.20. The maximum absolute atomic E-state index is 11.9. The SMILES string of the molecule is O=C(CNC(=O)c1ccc(Cl)cc1Cl)O[C@@H]1CCCCC1=O. The summed E-state index contributed by atoms with van der Waals surface area (Å²) in [5.74, 6) is -1.21. The van der Waals surface area contributed by atoms with Gasteiger partial charge in [-0.05, 0) is 37.5 Å². The minimum absolute atomic E-state index is 0.0633. The molecule has 5 nitrogen and oxygen atoms in total. The molecule has 1 atom stereocenters. The van der Waals surface area contributed by atoms with Crippen LogP contribution in [0.15, 0.2) is 18.2 Å². The number of ketones is 1. The quantitative estimate of drug-likeness (QED) is 0.853. The number of carbonyl (C=O) groups excluding carboxylic acids is 3. The van der Waals surface area contributed by atoms with Crippen molar-refractivity contribution in [2.24, 2.45) is 0 Å². The summed E-state index contributed by atoms with van der Waals surface area (Å²) < 4.78 is 5.08. The van der Waals surface area contributed by atoms with E-state index >= 15 is 0 Å². The molecule has 1 aromatic rings. The van der Waals surface area contributed by atoms with Gasteiger partial charge < -0.3 is 10.1 Å². The maximum atomic E-state index is 11.9. The van der Waals surface area contributed by atoms with Crippen LogP contribution in [-0.4, -0.2) is 30.3 Å². The smallest absolute Gasteiger partial charge is 0.326 e. The van der Waals surface area contributed by atoms with Gasteiger partial charge in [-0.15, -0.1) is 0 Å². The van der Waals surface area contributed by atoms with E-state index in [1.807, 2.05) is 0 Å². The number of nitrogens with one attached hydrogen (secondary N) is 1. The average Bonchev–Trinajstić information content (AvgIpc) is 2.47. The molecular formula is C15H15Cl2NO4. The Bertz CT molecular complexity index is 603. The van der Waals surface area contributed by atoms with Crippen molar-refractivity contribution in [2.75, 3.05) is 6.54 Å². The van der Waals surface area contributed by atoms with Gasteiger partial charge in [0.05, 0.1) is 10.6 Å². The van der Waals surface area contributed by atoms with Crippen molar-refractivity contribution in [1.82, 2.24) is 5.32 Å². The van der Waals surface area contributed by atoms with Gasteiger partial charge in [0.2, 0.25) is 0 Å². The highest BCUT2D eigenvalue weighted by Gasteiger charge is 2.25. The molecule has 1 saturated carbocycles. The first-order valence-electron chi connectivity index (χ1n) is 6.93. The van der Waals surface area contributed by atoms with Crippen LogP contribution >= 0.6 is 23.2 Å². The first kappa shape index (κ1) is 16.8. The maximum Gasteiger partial charge on any atom is 0.326 e. The molecule has 22 heavy (non-hydrogen) atoms. The Morgan fingerprint density at radius 1 is 1.27 bits per heavy atom. The fourth-order valence-corrected chi connectivity index (χ4v) is 2.69. The van der Waals surface area contributed by atoms with Crippen molar-refractivity contribution in [1.29, 1.82) is 0 Å². The van der Waals surface area contributed by atoms with E-state index in [2.05, 4.69) is 5.32 Å². The summed E-state index contributed by atoms with van der Waals surface area (Å²) in [6.07, 6.45) is 1.98. The minimum atomic E-state index is -0.683. The number of hydrogen-bond donors (Lipinski definition) is 1. The largest absolute Gasteiger partial charge is 0.453 e. The molecule has 1 fully saturated rings. The Morgan fingerprint density at radius 3 is 2.73 bits per heavy atom. The summed E-state index contributed by atoms with van der Waals surface area (Å²) in [4.78, 5) is 35.2. The lowest BCUT2D eigenvalue weighted by Crippen LogP contribution is -2.36. The van der Waals surface area contributed by atoms with Gasteiger partial charge in [-0.1, -0.05) is 23.2 Å². The zero-order chi connectivity index (χ0) is 16.1. The average molecular weight is 344 g/mol. The fourth-order valence-electron chi connectivity index (χ4n) is 2.20. The van der Waals surface area contributed by atoms with Crippen LogP contribution in [0.3, 0.4) is 0 Å². The zero-order valence-electron chi connectivity index (χ0n) is 11.7. The topological polar surface area (TPSA) is 72.5 Å². The number of Topliss-reactive ketones (excluding diaryl/α,β-unsaturated/α-hetero) is 1. The number of ether oxygens (including phenoxy) is 1. The molecule has 1 amide bonds. The van der Waals surface area contributed by atoms with E-state index in [-0.39, 0.29) is 22.9 Å². The Labute approximate surface area is 137 Å². The van der Waals surface area contributed by atoms with Gasteiger partial charge in [0, 0.05) is 11.4 Å². The van der Waals surface area contributed by atoms with Gasteiger partial charge in [-0.2, -0.15) is 0 Å². The minimum Gasteiger partial charge on any atom is -0.453 e. The lowest BCUT2D eigenvalue weighted by atomic mass is 9.96. The standard InChI is InChI=1S/C15H15Cl2NO4/c16-9-5-6-10(11(17)7-9)15(21)18-8-14(20)22-13-4-2-1-3-12(13)19/h5-7,13H,1-4,8H2,(H,18,21)/t13-/m1/s1. The molecule has 7 heteroatoms. The molecule has 0 saturated heterocycles. The number of benzene rings is 1. The Balaban J connectivity index is 1.85. The lowest BCUT2D eigenvalue weighted by molar-refractivity contribution is -0.155. The number of rotatable bonds is 4. The van der Waals surface area contributed by atoms with Crippen LogP contribution in [0.1, 0.15) is 36.0 Å². The number of esters is 1. The normalized spacial score (nSPS) is 17.9. The first-order chi connectivity index (χ1) is 10.5. The number of halogens is 2. The van der Waals surface area contributed by atoms with E-state index in [0.29, 0.717) is 17.9 Å². The first-order valence-corrected chi connectivity index (χ1v) is 7.68. The third-order valence-electron chi connectivity index (χ3n) is 3.34. The highest BCUT2D eigenvalue weighted by atomic mass is 35.5. The van der Waals surface area contributed by atoms with Crippen LogP contribution in [0.2, 0.25) is 10.0 Å². The molecule has 0 spiro atoms. The molecule has 0 radical (unpaired) electrons. The number of carbonyl (C=O) groups is 3. The summed E-state index contributed by atoms with van der Waals surface area (Å²) in [5.41, 5.74) is 0.215. The van der Waals surface area contributed by atoms with Crippen LogP contribution in [0.4, 0.5) is 0 Å². The third-order valence-corrected chi connectivity index (χ3v) is 3.89. The van der Waals surface area contributed by atoms with E-state index < -0.39 is 18.0 Å². The van der Waals surface area contributed by atoms with Gasteiger partial charge in [0.15, 0.2) is 11.9 Å². The third kappa shape index (κ3) is 4.45.